The molecule has 5 rings (SSSR count). The van der Waals surface area contributed by atoms with E-state index in [0.29, 0.717) is 33.1 Å². The third kappa shape index (κ3) is 3.74. The Morgan fingerprint density at radius 2 is 1.52 bits per heavy atom. The van der Waals surface area contributed by atoms with E-state index in [9.17, 15) is 9.59 Å². The van der Waals surface area contributed by atoms with E-state index in [1.807, 2.05) is 91.9 Å². The maximum atomic E-state index is 13.4. The van der Waals surface area contributed by atoms with Crippen LogP contribution in [0.4, 0.5) is 0 Å². The van der Waals surface area contributed by atoms with E-state index in [1.165, 1.54) is 11.8 Å². The Morgan fingerprint density at radius 3 is 2.21 bits per heavy atom. The van der Waals surface area contributed by atoms with Gasteiger partial charge in [-0.05, 0) is 45.0 Å². The van der Waals surface area contributed by atoms with Gasteiger partial charge in [-0.25, -0.2) is 4.57 Å². The average Bonchev–Trinajstić information content (AvgIpc) is 3.23. The van der Waals surface area contributed by atoms with Gasteiger partial charge in [-0.2, -0.15) is 0 Å². The zero-order valence-electron chi connectivity index (χ0n) is 18.5. The number of rotatable bonds is 5. The van der Waals surface area contributed by atoms with Crippen molar-refractivity contribution in [3.05, 3.63) is 99.8 Å². The molecule has 0 aliphatic heterocycles. The van der Waals surface area contributed by atoms with E-state index in [-0.39, 0.29) is 16.6 Å². The molecular weight excluding hydrogens is 432 g/mol. The second-order valence-corrected chi connectivity index (χ2v) is 9.41. The van der Waals surface area contributed by atoms with Gasteiger partial charge in [-0.1, -0.05) is 71.4 Å². The number of Topliss-reactive ketones (excluding diaryl/α,β-unsaturated/α-hetero) is 1. The van der Waals surface area contributed by atoms with Crippen molar-refractivity contribution >= 4 is 34.2 Å². The molecule has 0 saturated carbocycles. The molecule has 0 N–H and O–H groups in total. The SMILES string of the molecule is Cc1ccc(C(=O)C(C)Sc2nnc3n(-c4ccc(C)cc4)c(=O)c4ccccc4n23)cc1. The lowest BCUT2D eigenvalue weighted by Gasteiger charge is -2.13. The summed E-state index contributed by atoms with van der Waals surface area (Å²) >= 11 is 1.34. The fraction of sp³-hybridized carbons (Fsp3) is 0.154. The Kier molecular flexibility index (Phi) is 5.34. The average molecular weight is 455 g/mol. The van der Waals surface area contributed by atoms with E-state index in [4.69, 9.17) is 0 Å². The molecular formula is C26H22N4O2S. The molecule has 0 spiro atoms. The maximum absolute atomic E-state index is 13.4. The van der Waals surface area contributed by atoms with Crippen molar-refractivity contribution in [2.45, 2.75) is 31.2 Å². The molecule has 0 amide bonds. The summed E-state index contributed by atoms with van der Waals surface area (Å²) in [4.78, 5) is 26.4. The summed E-state index contributed by atoms with van der Waals surface area (Å²) in [5.74, 6) is 0.438. The van der Waals surface area contributed by atoms with Crippen LogP contribution in [0.15, 0.2) is 82.7 Å². The Labute approximate surface area is 194 Å². The van der Waals surface area contributed by atoms with Crippen LogP contribution in [0, 0.1) is 13.8 Å². The minimum Gasteiger partial charge on any atom is -0.293 e. The summed E-state index contributed by atoms with van der Waals surface area (Å²) in [7, 11) is 0. The van der Waals surface area contributed by atoms with Crippen LogP contribution in [-0.4, -0.2) is 30.2 Å². The standard InChI is InChI=1S/C26H22N4O2S/c1-16-8-12-19(13-9-16)23(31)18(3)33-26-28-27-25-29(20-14-10-17(2)11-15-20)24(32)21-6-4-5-7-22(21)30(25)26/h4-15,18H,1-3H3. The summed E-state index contributed by atoms with van der Waals surface area (Å²) < 4.78 is 3.44. The molecule has 5 aromatic rings. The van der Waals surface area contributed by atoms with Gasteiger partial charge < -0.3 is 0 Å². The number of aromatic nitrogens is 4. The second-order valence-electron chi connectivity index (χ2n) is 8.10. The number of carbonyl (C=O) groups excluding carboxylic acids is 1. The normalized spacial score (nSPS) is 12.3. The van der Waals surface area contributed by atoms with Crippen LogP contribution < -0.4 is 5.56 Å². The highest BCUT2D eigenvalue weighted by Crippen LogP contribution is 2.28. The number of benzene rings is 3. The van der Waals surface area contributed by atoms with Gasteiger partial charge in [-0.3, -0.25) is 14.0 Å². The Bertz CT molecular complexity index is 1550. The molecule has 7 heteroatoms. The lowest BCUT2D eigenvalue weighted by Crippen LogP contribution is -2.22. The van der Waals surface area contributed by atoms with E-state index in [2.05, 4.69) is 10.2 Å². The highest BCUT2D eigenvalue weighted by molar-refractivity contribution is 8.00. The van der Waals surface area contributed by atoms with Gasteiger partial charge >= 0.3 is 0 Å². The minimum atomic E-state index is -0.376. The van der Waals surface area contributed by atoms with Crippen LogP contribution in [0.5, 0.6) is 0 Å². The maximum Gasteiger partial charge on any atom is 0.267 e. The Balaban J connectivity index is 1.65. The molecule has 1 atom stereocenters. The van der Waals surface area contributed by atoms with Crippen LogP contribution >= 0.6 is 11.8 Å². The van der Waals surface area contributed by atoms with Gasteiger partial charge in [0, 0.05) is 5.56 Å². The van der Waals surface area contributed by atoms with Gasteiger partial charge in [0.05, 0.1) is 21.8 Å². The number of ketones is 1. The van der Waals surface area contributed by atoms with Gasteiger partial charge in [0.1, 0.15) is 0 Å². The second kappa shape index (κ2) is 8.33. The molecule has 0 saturated heterocycles. The first-order valence-corrected chi connectivity index (χ1v) is 11.6. The predicted molar refractivity (Wildman–Crippen MR) is 132 cm³/mol. The number of nitrogens with zero attached hydrogens (tertiary/aromatic N) is 4. The number of para-hydroxylation sites is 1. The lowest BCUT2D eigenvalue weighted by atomic mass is 10.1. The summed E-state index contributed by atoms with van der Waals surface area (Å²) in [6.45, 7) is 5.86. The van der Waals surface area contributed by atoms with Gasteiger partial charge in [0.25, 0.3) is 5.56 Å². The van der Waals surface area contributed by atoms with Crippen molar-refractivity contribution in [2.24, 2.45) is 0 Å². The van der Waals surface area contributed by atoms with Crippen molar-refractivity contribution in [3.63, 3.8) is 0 Å². The van der Waals surface area contributed by atoms with Crippen molar-refractivity contribution < 1.29 is 4.79 Å². The lowest BCUT2D eigenvalue weighted by molar-refractivity contribution is 0.0994. The quantitative estimate of drug-likeness (QED) is 0.276. The highest BCUT2D eigenvalue weighted by Gasteiger charge is 2.22. The van der Waals surface area contributed by atoms with Crippen molar-refractivity contribution in [3.8, 4) is 5.69 Å². The number of fused-ring (bicyclic) bond motifs is 3. The number of carbonyl (C=O) groups is 1. The van der Waals surface area contributed by atoms with E-state index >= 15 is 0 Å². The van der Waals surface area contributed by atoms with E-state index in [1.54, 1.807) is 10.6 Å². The summed E-state index contributed by atoms with van der Waals surface area (Å²) in [6, 6.07) is 22.7. The number of hydrogen-bond acceptors (Lipinski definition) is 5. The first kappa shape index (κ1) is 21.2. The molecule has 2 aromatic heterocycles. The number of hydrogen-bond donors (Lipinski definition) is 0. The third-order valence-corrected chi connectivity index (χ3v) is 6.72. The smallest absolute Gasteiger partial charge is 0.267 e. The van der Waals surface area contributed by atoms with Crippen LogP contribution in [0.1, 0.15) is 28.4 Å². The van der Waals surface area contributed by atoms with Gasteiger partial charge in [0.15, 0.2) is 10.9 Å². The molecule has 0 aliphatic rings. The fourth-order valence-corrected chi connectivity index (χ4v) is 4.78. The minimum absolute atomic E-state index is 0.0212. The topological polar surface area (TPSA) is 69.3 Å². The molecule has 3 aromatic carbocycles. The van der Waals surface area contributed by atoms with Crippen LogP contribution in [0.25, 0.3) is 22.4 Å². The predicted octanol–water partition coefficient (Wildman–Crippen LogP) is 5.01. The monoisotopic (exact) mass is 454 g/mol. The van der Waals surface area contributed by atoms with Crippen molar-refractivity contribution in [2.75, 3.05) is 0 Å². The Hall–Kier alpha value is -3.71. The van der Waals surface area contributed by atoms with Gasteiger partial charge in [-0.15, -0.1) is 10.2 Å². The molecule has 6 nitrogen and oxygen atoms in total. The molecule has 33 heavy (non-hydrogen) atoms. The summed E-state index contributed by atoms with van der Waals surface area (Å²) in [5.41, 5.74) is 4.14. The highest BCUT2D eigenvalue weighted by atomic mass is 32.2. The van der Waals surface area contributed by atoms with E-state index in [0.717, 1.165) is 11.1 Å². The molecule has 0 bridgehead atoms. The molecule has 0 aliphatic carbocycles. The molecule has 2 heterocycles. The first-order chi connectivity index (χ1) is 15.9. The largest absolute Gasteiger partial charge is 0.293 e. The summed E-state index contributed by atoms with van der Waals surface area (Å²) in [5, 5.41) is 9.50. The Morgan fingerprint density at radius 1 is 0.879 bits per heavy atom. The zero-order valence-corrected chi connectivity index (χ0v) is 19.3. The van der Waals surface area contributed by atoms with Crippen molar-refractivity contribution in [1.82, 2.24) is 19.2 Å². The van der Waals surface area contributed by atoms with Gasteiger partial charge in [0.2, 0.25) is 5.78 Å². The molecule has 164 valence electrons. The molecule has 1 unspecified atom stereocenters. The van der Waals surface area contributed by atoms with Crippen LogP contribution in [0.2, 0.25) is 0 Å². The summed E-state index contributed by atoms with van der Waals surface area (Å²) in [6.07, 6.45) is 0. The fourth-order valence-electron chi connectivity index (χ4n) is 3.85. The molecule has 0 radical (unpaired) electrons. The third-order valence-electron chi connectivity index (χ3n) is 5.67. The first-order valence-electron chi connectivity index (χ1n) is 10.7. The number of thioether (sulfide) groups is 1. The number of aryl methyl sites for hydroxylation is 2. The van der Waals surface area contributed by atoms with Crippen LogP contribution in [-0.2, 0) is 0 Å². The van der Waals surface area contributed by atoms with Crippen molar-refractivity contribution in [1.29, 1.82) is 0 Å². The molecule has 0 fully saturated rings. The zero-order chi connectivity index (χ0) is 23.1. The van der Waals surface area contributed by atoms with Crippen LogP contribution in [0.3, 0.4) is 0 Å². The van der Waals surface area contributed by atoms with E-state index < -0.39 is 0 Å².